The third-order valence-electron chi connectivity index (χ3n) is 11.9. The Kier molecular flexibility index (Phi) is 43.2. The molecule has 402 valence electrons. The molecule has 0 aliphatic carbocycles. The third kappa shape index (κ3) is 35.8. The van der Waals surface area contributed by atoms with Gasteiger partial charge in [0.25, 0.3) is 0 Å². The van der Waals surface area contributed by atoms with Gasteiger partial charge in [-0.05, 0) is 77.0 Å². The second kappa shape index (κ2) is 47.1. The van der Waals surface area contributed by atoms with Crippen molar-refractivity contribution in [1.29, 1.82) is 0 Å². The molecule has 1 fully saturated rings. The molecule has 0 aromatic rings. The van der Waals surface area contributed by atoms with Crippen LogP contribution in [-0.2, 0) is 23.8 Å². The highest BCUT2D eigenvalue weighted by atomic mass is 16.7. The monoisotopic (exact) mass is 992 g/mol. The van der Waals surface area contributed by atoms with Gasteiger partial charge < -0.3 is 45.1 Å². The molecule has 0 aromatic heterocycles. The number of rotatable bonds is 43. The molecule has 11 heteroatoms. The second-order valence-corrected chi connectivity index (χ2v) is 18.3. The van der Waals surface area contributed by atoms with Gasteiger partial charge >= 0.3 is 5.97 Å². The molecule has 8 atom stereocenters. The van der Waals surface area contributed by atoms with Crippen molar-refractivity contribution in [2.24, 2.45) is 0 Å². The van der Waals surface area contributed by atoms with E-state index < -0.39 is 67.4 Å². The maximum absolute atomic E-state index is 13.3. The van der Waals surface area contributed by atoms with Gasteiger partial charge in [-0.25, -0.2) is 0 Å². The standard InChI is InChI=1S/C60H97NO10/c1-4-7-10-13-16-19-22-24-25-26-27-28-30-32-35-38-41-44-47-53(64)59(68)61-51(52(63)46-43-40-37-34-31-21-18-15-12-9-6-3)50-69-60-58(57(67)56(66)54(49-62)70-60)71-55(65)48-45-42-39-36-33-29-23-20-17-14-11-8-5-2/h7-8,10-11,14,16-17,19-20,23-25,27-28,32,35,41,43-44,46,51-54,56-58,60,62-64,66-67H,4-6,9,12-13,15,18,21-22,26,29-31,33-34,36-40,42,45,47-50H2,1-3H3,(H,61,68)/b10-7-,11-8+,17-14+,19-16-,23-20-,25-24-,28-27-,35-32-,44-41-,46-43+. The van der Waals surface area contributed by atoms with Crippen LogP contribution in [-0.4, -0.2) is 99.6 Å². The van der Waals surface area contributed by atoms with Crippen LogP contribution in [0.15, 0.2) is 122 Å². The van der Waals surface area contributed by atoms with Crippen molar-refractivity contribution >= 4 is 11.9 Å². The van der Waals surface area contributed by atoms with E-state index in [1.54, 1.807) is 12.2 Å². The number of nitrogens with one attached hydrogen (secondary N) is 1. The van der Waals surface area contributed by atoms with Crippen molar-refractivity contribution in [3.63, 3.8) is 0 Å². The highest BCUT2D eigenvalue weighted by Gasteiger charge is 2.47. The van der Waals surface area contributed by atoms with E-state index in [2.05, 4.69) is 92.9 Å². The highest BCUT2D eigenvalue weighted by molar-refractivity contribution is 5.81. The predicted octanol–water partition coefficient (Wildman–Crippen LogP) is 11.9. The fraction of sp³-hybridized carbons (Fsp3) is 0.633. The van der Waals surface area contributed by atoms with Gasteiger partial charge in [-0.3, -0.25) is 9.59 Å². The SMILES string of the molecule is CC/C=C\C/C=C\C/C=C\C/C=C\C/C=C\C/C=C\CC(O)C(=O)NC(COC1OC(CO)C(O)C(O)C1OC(=O)CCCCCCC\C=C/C=C/C=C/CC)C(O)/C=C/CCCCCCCCCCC. The number of hydrogen-bond acceptors (Lipinski definition) is 10. The summed E-state index contributed by atoms with van der Waals surface area (Å²) in [5.41, 5.74) is 0. The number of allylic oxidation sites excluding steroid dienone is 18. The molecular weight excluding hydrogens is 895 g/mol. The predicted molar refractivity (Wildman–Crippen MR) is 291 cm³/mol. The molecule has 0 spiro atoms. The summed E-state index contributed by atoms with van der Waals surface area (Å²) in [7, 11) is 0. The Morgan fingerprint density at radius 1 is 0.577 bits per heavy atom. The molecule has 0 saturated carbocycles. The van der Waals surface area contributed by atoms with Gasteiger partial charge in [0, 0.05) is 12.8 Å². The Morgan fingerprint density at radius 2 is 1.07 bits per heavy atom. The first-order valence-corrected chi connectivity index (χ1v) is 27.3. The van der Waals surface area contributed by atoms with E-state index in [0.717, 1.165) is 96.3 Å². The minimum Gasteiger partial charge on any atom is -0.454 e. The summed E-state index contributed by atoms with van der Waals surface area (Å²) in [6.45, 7) is 5.43. The van der Waals surface area contributed by atoms with Gasteiger partial charge in [-0.15, -0.1) is 0 Å². The summed E-state index contributed by atoms with van der Waals surface area (Å²) in [5.74, 6) is -1.32. The largest absolute Gasteiger partial charge is 0.454 e. The molecule has 0 radical (unpaired) electrons. The Hall–Kier alpha value is -3.94. The maximum atomic E-state index is 13.3. The lowest BCUT2D eigenvalue weighted by Crippen LogP contribution is -2.61. The van der Waals surface area contributed by atoms with E-state index in [-0.39, 0.29) is 19.4 Å². The lowest BCUT2D eigenvalue weighted by Gasteiger charge is -2.41. The van der Waals surface area contributed by atoms with E-state index in [0.29, 0.717) is 12.8 Å². The molecule has 71 heavy (non-hydrogen) atoms. The number of carbonyl (C=O) groups excluding carboxylic acids is 2. The molecule has 11 nitrogen and oxygen atoms in total. The number of carbonyl (C=O) groups is 2. The van der Waals surface area contributed by atoms with Crippen LogP contribution in [0.4, 0.5) is 0 Å². The number of aliphatic hydroxyl groups excluding tert-OH is 5. The highest BCUT2D eigenvalue weighted by Crippen LogP contribution is 2.26. The van der Waals surface area contributed by atoms with E-state index in [4.69, 9.17) is 14.2 Å². The number of ether oxygens (including phenoxy) is 3. The van der Waals surface area contributed by atoms with Crippen LogP contribution in [0.5, 0.6) is 0 Å². The summed E-state index contributed by atoms with van der Waals surface area (Å²) < 4.78 is 17.5. The zero-order valence-electron chi connectivity index (χ0n) is 44.0. The first-order valence-electron chi connectivity index (χ1n) is 27.3. The van der Waals surface area contributed by atoms with Gasteiger partial charge in [-0.1, -0.05) is 213 Å². The number of esters is 1. The van der Waals surface area contributed by atoms with Crippen molar-refractivity contribution in [1.82, 2.24) is 5.32 Å². The molecule has 1 aliphatic heterocycles. The summed E-state index contributed by atoms with van der Waals surface area (Å²) in [6, 6.07) is -1.08. The van der Waals surface area contributed by atoms with Crippen LogP contribution in [0.2, 0.25) is 0 Å². The smallest absolute Gasteiger partial charge is 0.306 e. The van der Waals surface area contributed by atoms with Crippen LogP contribution < -0.4 is 5.32 Å². The summed E-state index contributed by atoms with van der Waals surface area (Å²) >= 11 is 0. The fourth-order valence-corrected chi connectivity index (χ4v) is 7.61. The quantitative estimate of drug-likeness (QED) is 0.0149. The Balaban J connectivity index is 2.82. The minimum absolute atomic E-state index is 0.0489. The normalized spacial score (nSPS) is 20.6. The summed E-state index contributed by atoms with van der Waals surface area (Å²) in [4.78, 5) is 26.4. The van der Waals surface area contributed by atoms with Crippen LogP contribution in [0, 0.1) is 0 Å². The second-order valence-electron chi connectivity index (χ2n) is 18.3. The lowest BCUT2D eigenvalue weighted by atomic mass is 9.99. The number of unbranched alkanes of at least 4 members (excludes halogenated alkanes) is 14. The molecular formula is C60H97NO10. The lowest BCUT2D eigenvalue weighted by molar-refractivity contribution is -0.305. The Morgan fingerprint density at radius 3 is 1.62 bits per heavy atom. The molecule has 1 heterocycles. The molecule has 8 unspecified atom stereocenters. The number of aliphatic hydroxyl groups is 5. The zero-order chi connectivity index (χ0) is 51.8. The average molecular weight is 992 g/mol. The van der Waals surface area contributed by atoms with Gasteiger partial charge in [0.15, 0.2) is 12.4 Å². The average Bonchev–Trinajstić information content (AvgIpc) is 3.37. The maximum Gasteiger partial charge on any atom is 0.306 e. The Labute approximate surface area is 430 Å². The van der Waals surface area contributed by atoms with Crippen molar-refractivity contribution in [3.8, 4) is 0 Å². The first kappa shape index (κ1) is 65.1. The molecule has 1 saturated heterocycles. The van der Waals surface area contributed by atoms with Crippen molar-refractivity contribution in [3.05, 3.63) is 122 Å². The van der Waals surface area contributed by atoms with E-state index >= 15 is 0 Å². The number of amides is 1. The van der Waals surface area contributed by atoms with Crippen molar-refractivity contribution in [2.75, 3.05) is 13.2 Å². The Bertz CT molecular complexity index is 1610. The van der Waals surface area contributed by atoms with Crippen molar-refractivity contribution < 1.29 is 49.3 Å². The molecule has 6 N–H and O–H groups in total. The summed E-state index contributed by atoms with van der Waals surface area (Å²) in [6.07, 6.45) is 54.1. The van der Waals surface area contributed by atoms with Gasteiger partial charge in [0.1, 0.15) is 24.4 Å². The van der Waals surface area contributed by atoms with Gasteiger partial charge in [0.2, 0.25) is 5.91 Å². The van der Waals surface area contributed by atoms with E-state index in [9.17, 15) is 35.1 Å². The van der Waals surface area contributed by atoms with E-state index in [1.807, 2.05) is 42.5 Å². The molecule has 0 aromatic carbocycles. The molecule has 1 rings (SSSR count). The van der Waals surface area contributed by atoms with Crippen LogP contribution in [0.25, 0.3) is 0 Å². The van der Waals surface area contributed by atoms with Crippen LogP contribution in [0.3, 0.4) is 0 Å². The number of hydrogen-bond donors (Lipinski definition) is 6. The molecule has 0 bridgehead atoms. The van der Waals surface area contributed by atoms with Crippen molar-refractivity contribution in [2.45, 2.75) is 230 Å². The minimum atomic E-state index is -1.64. The first-order chi connectivity index (χ1) is 34.7. The third-order valence-corrected chi connectivity index (χ3v) is 11.9. The molecule has 1 amide bonds. The van der Waals surface area contributed by atoms with Gasteiger partial charge in [0.05, 0.1) is 25.4 Å². The zero-order valence-corrected chi connectivity index (χ0v) is 44.0. The van der Waals surface area contributed by atoms with Crippen LogP contribution in [0.1, 0.15) is 181 Å². The van der Waals surface area contributed by atoms with Gasteiger partial charge in [-0.2, -0.15) is 0 Å². The summed E-state index contributed by atoms with van der Waals surface area (Å²) in [5, 5.41) is 56.6. The van der Waals surface area contributed by atoms with E-state index in [1.165, 1.54) is 38.5 Å². The fourth-order valence-electron chi connectivity index (χ4n) is 7.61. The van der Waals surface area contributed by atoms with Crippen LogP contribution >= 0.6 is 0 Å². The topological polar surface area (TPSA) is 175 Å². The molecule has 1 aliphatic rings.